The summed E-state index contributed by atoms with van der Waals surface area (Å²) >= 11 is 12.0. The summed E-state index contributed by atoms with van der Waals surface area (Å²) in [5, 5.41) is 3.17. The third-order valence-corrected chi connectivity index (χ3v) is 4.18. The maximum absolute atomic E-state index is 11.8. The van der Waals surface area contributed by atoms with Gasteiger partial charge in [0.1, 0.15) is 5.02 Å². The van der Waals surface area contributed by atoms with E-state index in [0.29, 0.717) is 24.6 Å². The van der Waals surface area contributed by atoms with Crippen LogP contribution < -0.4 is 10.1 Å². The van der Waals surface area contributed by atoms with Gasteiger partial charge in [0.2, 0.25) is 0 Å². The Balaban J connectivity index is 1.94. The van der Waals surface area contributed by atoms with E-state index in [1.165, 1.54) is 19.1 Å². The number of carbonyl (C=O) groups is 2. The van der Waals surface area contributed by atoms with Crippen LogP contribution >= 0.6 is 23.2 Å². The van der Waals surface area contributed by atoms with Crippen LogP contribution in [0.25, 0.3) is 0 Å². The van der Waals surface area contributed by atoms with Gasteiger partial charge in [0.25, 0.3) is 5.91 Å². The summed E-state index contributed by atoms with van der Waals surface area (Å²) in [6.07, 6.45) is 0.940. The fourth-order valence-corrected chi connectivity index (χ4v) is 2.51. The van der Waals surface area contributed by atoms with Gasteiger partial charge in [-0.3, -0.25) is 9.59 Å². The van der Waals surface area contributed by atoms with Crippen molar-refractivity contribution in [3.63, 3.8) is 0 Å². The van der Waals surface area contributed by atoms with Crippen LogP contribution in [0.4, 0.5) is 0 Å². The van der Waals surface area contributed by atoms with E-state index in [1.54, 1.807) is 0 Å². The summed E-state index contributed by atoms with van der Waals surface area (Å²) in [4.78, 5) is 23.4. The number of hydrogen-bond acceptors (Lipinski definition) is 4. The molecule has 1 amide bonds. The molecule has 120 valence electrons. The van der Waals surface area contributed by atoms with Crippen molar-refractivity contribution in [2.24, 2.45) is 5.92 Å². The molecule has 0 spiro atoms. The first-order valence-corrected chi connectivity index (χ1v) is 7.70. The van der Waals surface area contributed by atoms with Crippen LogP contribution in [0.15, 0.2) is 12.1 Å². The minimum absolute atomic E-state index is 0.131. The van der Waals surface area contributed by atoms with Crippen molar-refractivity contribution in [1.82, 2.24) is 5.32 Å². The van der Waals surface area contributed by atoms with Crippen molar-refractivity contribution in [2.75, 3.05) is 26.4 Å². The van der Waals surface area contributed by atoms with Crippen molar-refractivity contribution >= 4 is 34.9 Å². The molecule has 2 rings (SSSR count). The Hall–Kier alpha value is -1.30. The van der Waals surface area contributed by atoms with Crippen molar-refractivity contribution in [3.05, 3.63) is 27.7 Å². The predicted octanol–water partition coefficient (Wildman–Crippen LogP) is 2.73. The zero-order chi connectivity index (χ0) is 16.1. The largest absolute Gasteiger partial charge is 0.481 e. The van der Waals surface area contributed by atoms with Gasteiger partial charge in [0, 0.05) is 19.1 Å². The molecule has 0 aromatic heterocycles. The summed E-state index contributed by atoms with van der Waals surface area (Å²) < 4.78 is 10.6. The van der Waals surface area contributed by atoms with E-state index in [-0.39, 0.29) is 34.1 Å². The molecule has 7 heteroatoms. The van der Waals surface area contributed by atoms with Crippen LogP contribution in [-0.4, -0.2) is 38.1 Å². The van der Waals surface area contributed by atoms with Gasteiger partial charge < -0.3 is 14.8 Å². The minimum Gasteiger partial charge on any atom is -0.481 e. The fourth-order valence-electron chi connectivity index (χ4n) is 2.14. The van der Waals surface area contributed by atoms with Crippen LogP contribution in [0.3, 0.4) is 0 Å². The molecule has 0 bridgehead atoms. The molecule has 1 aromatic rings. The number of benzene rings is 1. The van der Waals surface area contributed by atoms with Crippen LogP contribution in [0.2, 0.25) is 10.0 Å². The Labute approximate surface area is 138 Å². The van der Waals surface area contributed by atoms with E-state index in [9.17, 15) is 9.59 Å². The van der Waals surface area contributed by atoms with Crippen LogP contribution in [0, 0.1) is 5.92 Å². The van der Waals surface area contributed by atoms with Crippen molar-refractivity contribution in [1.29, 1.82) is 0 Å². The van der Waals surface area contributed by atoms with E-state index >= 15 is 0 Å². The molecule has 0 saturated carbocycles. The number of Topliss-reactive ketones (excluding diaryl/α,β-unsaturated/α-hetero) is 1. The lowest BCUT2D eigenvalue weighted by molar-refractivity contribution is -0.123. The zero-order valence-corrected chi connectivity index (χ0v) is 13.7. The number of carbonyl (C=O) groups excluding carboxylic acids is 2. The Kier molecular flexibility index (Phi) is 6.06. The second-order valence-electron chi connectivity index (χ2n) is 5.12. The van der Waals surface area contributed by atoms with E-state index in [1.807, 2.05) is 0 Å². The Morgan fingerprint density at radius 3 is 2.82 bits per heavy atom. The zero-order valence-electron chi connectivity index (χ0n) is 12.2. The Bertz CT molecular complexity index is 571. The van der Waals surface area contributed by atoms with E-state index < -0.39 is 0 Å². The second kappa shape index (κ2) is 7.81. The first-order valence-electron chi connectivity index (χ1n) is 6.95. The van der Waals surface area contributed by atoms with Crippen LogP contribution in [-0.2, 0) is 9.53 Å². The molecule has 0 aliphatic carbocycles. The van der Waals surface area contributed by atoms with Gasteiger partial charge in [-0.05, 0) is 25.5 Å². The first-order chi connectivity index (χ1) is 10.5. The summed E-state index contributed by atoms with van der Waals surface area (Å²) in [6, 6.07) is 3.05. The topological polar surface area (TPSA) is 64.6 Å². The van der Waals surface area contributed by atoms with Crippen LogP contribution in [0.5, 0.6) is 5.75 Å². The van der Waals surface area contributed by atoms with Crippen LogP contribution in [0.1, 0.15) is 23.7 Å². The highest BCUT2D eigenvalue weighted by molar-refractivity contribution is 6.43. The van der Waals surface area contributed by atoms with Gasteiger partial charge in [0.15, 0.2) is 18.1 Å². The number of hydrogen-bond donors (Lipinski definition) is 1. The molecule has 1 atom stereocenters. The summed E-state index contributed by atoms with van der Waals surface area (Å²) in [5.41, 5.74) is 0.298. The molecule has 0 radical (unpaired) electrons. The lowest BCUT2D eigenvalue weighted by Gasteiger charge is -2.13. The van der Waals surface area contributed by atoms with Gasteiger partial charge in [-0.25, -0.2) is 0 Å². The molecule has 1 aliphatic heterocycles. The molecule has 1 aromatic carbocycles. The van der Waals surface area contributed by atoms with Gasteiger partial charge >= 0.3 is 0 Å². The van der Waals surface area contributed by atoms with Crippen molar-refractivity contribution < 1.29 is 19.1 Å². The smallest absolute Gasteiger partial charge is 0.257 e. The minimum atomic E-state index is -0.280. The number of rotatable bonds is 6. The average molecular weight is 346 g/mol. The average Bonchev–Trinajstić information content (AvgIpc) is 2.99. The normalized spacial score (nSPS) is 17.3. The maximum atomic E-state index is 11.8. The summed E-state index contributed by atoms with van der Waals surface area (Å²) in [5.74, 6) is -0.0120. The fraction of sp³-hybridized carbons (Fsp3) is 0.467. The SMILES string of the molecule is CC(=O)c1ccc(Cl)c(Cl)c1OCC(=O)NC[C@@H]1CCOC1. The van der Waals surface area contributed by atoms with Gasteiger partial charge in [0.05, 0.1) is 17.2 Å². The van der Waals surface area contributed by atoms with Crippen molar-refractivity contribution in [2.45, 2.75) is 13.3 Å². The molecule has 1 heterocycles. The van der Waals surface area contributed by atoms with Gasteiger partial charge in [-0.15, -0.1) is 0 Å². The number of ketones is 1. The monoisotopic (exact) mass is 345 g/mol. The van der Waals surface area contributed by atoms with E-state index in [0.717, 1.165) is 13.0 Å². The lowest BCUT2D eigenvalue weighted by Crippen LogP contribution is -2.33. The highest BCUT2D eigenvalue weighted by Crippen LogP contribution is 2.35. The van der Waals surface area contributed by atoms with E-state index in [2.05, 4.69) is 5.32 Å². The number of ether oxygens (including phenoxy) is 2. The summed E-state index contributed by atoms with van der Waals surface area (Å²) in [7, 11) is 0. The summed E-state index contributed by atoms with van der Waals surface area (Å²) in [6.45, 7) is 3.11. The van der Waals surface area contributed by atoms with Gasteiger partial charge in [-0.1, -0.05) is 23.2 Å². The number of halogens is 2. The second-order valence-corrected chi connectivity index (χ2v) is 5.90. The maximum Gasteiger partial charge on any atom is 0.257 e. The number of nitrogens with one attached hydrogen (secondary N) is 1. The van der Waals surface area contributed by atoms with E-state index in [4.69, 9.17) is 32.7 Å². The Morgan fingerprint density at radius 1 is 1.41 bits per heavy atom. The molecule has 0 unspecified atom stereocenters. The Morgan fingerprint density at radius 2 is 2.18 bits per heavy atom. The third-order valence-electron chi connectivity index (χ3n) is 3.39. The molecule has 5 nitrogen and oxygen atoms in total. The highest BCUT2D eigenvalue weighted by atomic mass is 35.5. The third kappa shape index (κ3) is 4.35. The standard InChI is InChI=1S/C15H17Cl2NO4/c1-9(19)11-2-3-12(16)14(17)15(11)22-8-13(20)18-6-10-4-5-21-7-10/h2-3,10H,4-8H2,1H3,(H,18,20)/t10-/m0/s1. The molecule has 1 fully saturated rings. The molecule has 1 aliphatic rings. The molecule has 1 N–H and O–H groups in total. The van der Waals surface area contributed by atoms with Crippen molar-refractivity contribution in [3.8, 4) is 5.75 Å². The predicted molar refractivity (Wildman–Crippen MR) is 83.9 cm³/mol. The molecule has 1 saturated heterocycles. The quantitative estimate of drug-likeness (QED) is 0.805. The molecular formula is C15H17Cl2NO4. The molecular weight excluding hydrogens is 329 g/mol. The lowest BCUT2D eigenvalue weighted by atomic mass is 10.1. The highest BCUT2D eigenvalue weighted by Gasteiger charge is 2.18. The molecule has 22 heavy (non-hydrogen) atoms. The first kappa shape index (κ1) is 17.1. The number of amides is 1. The van der Waals surface area contributed by atoms with Gasteiger partial charge in [-0.2, -0.15) is 0 Å².